The van der Waals surface area contributed by atoms with Crippen LogP contribution in [0.3, 0.4) is 0 Å². The summed E-state index contributed by atoms with van der Waals surface area (Å²) in [7, 11) is 0. The lowest BCUT2D eigenvalue weighted by atomic mass is 10.0. The molecule has 2 aromatic rings. The molecule has 0 saturated carbocycles. The molecule has 0 bridgehead atoms. The summed E-state index contributed by atoms with van der Waals surface area (Å²) in [6.07, 6.45) is 2.30. The number of rotatable bonds is 9. The van der Waals surface area contributed by atoms with Gasteiger partial charge >= 0.3 is 0 Å². The highest BCUT2D eigenvalue weighted by Crippen LogP contribution is 2.19. The maximum Gasteiger partial charge on any atom is 0.243 e. The van der Waals surface area contributed by atoms with Gasteiger partial charge in [0.1, 0.15) is 6.04 Å². The Balaban J connectivity index is 2.04. The van der Waals surface area contributed by atoms with E-state index in [1.54, 1.807) is 13.1 Å². The van der Waals surface area contributed by atoms with Gasteiger partial charge in [-0.25, -0.2) is 0 Å². The fourth-order valence-electron chi connectivity index (χ4n) is 2.56. The maximum absolute atomic E-state index is 12.5. The number of hydrogen-bond acceptors (Lipinski definition) is 4. The summed E-state index contributed by atoms with van der Waals surface area (Å²) < 4.78 is 0. The molecule has 1 atom stereocenters. The van der Waals surface area contributed by atoms with Gasteiger partial charge in [-0.05, 0) is 11.6 Å². The molecule has 1 aromatic carbocycles. The minimum Gasteiger partial charge on any atom is -0.368 e. The Kier molecular flexibility index (Phi) is 6.93. The molecule has 1 heterocycles. The van der Waals surface area contributed by atoms with Crippen molar-refractivity contribution in [2.24, 2.45) is 5.73 Å². The first-order valence-electron chi connectivity index (χ1n) is 8.57. The number of para-hydroxylation sites is 1. The van der Waals surface area contributed by atoms with Crippen LogP contribution in [-0.2, 0) is 25.6 Å². The third-order valence-corrected chi connectivity index (χ3v) is 3.95. The molecule has 0 aliphatic heterocycles. The van der Waals surface area contributed by atoms with Gasteiger partial charge in [-0.2, -0.15) is 0 Å². The van der Waals surface area contributed by atoms with Gasteiger partial charge in [0.05, 0.1) is 13.1 Å². The van der Waals surface area contributed by atoms with Crippen molar-refractivity contribution in [1.82, 2.24) is 20.9 Å². The van der Waals surface area contributed by atoms with Gasteiger partial charge < -0.3 is 26.7 Å². The SMILES string of the molecule is CCC(=O)NC(Cc1c[nH]c2ccccc12)C(=O)NCC(=O)NCC(N)=O. The zero-order valence-corrected chi connectivity index (χ0v) is 15.0. The Labute approximate surface area is 156 Å². The smallest absolute Gasteiger partial charge is 0.243 e. The van der Waals surface area contributed by atoms with Crippen molar-refractivity contribution in [3.05, 3.63) is 36.0 Å². The molecule has 0 saturated heterocycles. The number of benzene rings is 1. The molecular formula is C18H23N5O4. The average Bonchev–Trinajstić information content (AvgIpc) is 3.06. The fourth-order valence-corrected chi connectivity index (χ4v) is 2.56. The number of carbonyl (C=O) groups excluding carboxylic acids is 4. The Bertz CT molecular complexity index is 845. The fraction of sp³-hybridized carbons (Fsp3) is 0.333. The van der Waals surface area contributed by atoms with E-state index < -0.39 is 23.8 Å². The minimum atomic E-state index is -0.833. The van der Waals surface area contributed by atoms with E-state index in [-0.39, 0.29) is 31.8 Å². The highest BCUT2D eigenvalue weighted by atomic mass is 16.2. The molecule has 2 rings (SSSR count). The van der Waals surface area contributed by atoms with Crippen molar-refractivity contribution in [3.8, 4) is 0 Å². The molecule has 9 heteroatoms. The van der Waals surface area contributed by atoms with E-state index in [9.17, 15) is 19.2 Å². The first kappa shape index (κ1) is 20.0. The molecule has 144 valence electrons. The first-order valence-corrected chi connectivity index (χ1v) is 8.57. The molecule has 0 radical (unpaired) electrons. The summed E-state index contributed by atoms with van der Waals surface area (Å²) in [6, 6.07) is 6.80. The third kappa shape index (κ3) is 5.84. The molecule has 6 N–H and O–H groups in total. The van der Waals surface area contributed by atoms with Gasteiger partial charge in [0.2, 0.25) is 23.6 Å². The summed E-state index contributed by atoms with van der Waals surface area (Å²) in [5, 5.41) is 8.38. The summed E-state index contributed by atoms with van der Waals surface area (Å²) in [5.74, 6) is -1.98. The largest absolute Gasteiger partial charge is 0.368 e. The van der Waals surface area contributed by atoms with Crippen molar-refractivity contribution in [2.45, 2.75) is 25.8 Å². The van der Waals surface area contributed by atoms with Gasteiger partial charge in [-0.15, -0.1) is 0 Å². The van der Waals surface area contributed by atoms with E-state index in [0.717, 1.165) is 16.5 Å². The molecule has 0 fully saturated rings. The standard InChI is InChI=1S/C18H23N5O4/c1-2-16(25)23-14(18(27)22-10-17(26)21-9-15(19)24)7-11-8-20-13-6-4-3-5-12(11)13/h3-6,8,14,20H,2,7,9-10H2,1H3,(H2,19,24)(H,21,26)(H,22,27)(H,23,25). The summed E-state index contributed by atoms with van der Waals surface area (Å²) in [5.41, 5.74) is 6.75. The maximum atomic E-state index is 12.5. The summed E-state index contributed by atoms with van der Waals surface area (Å²) in [6.45, 7) is 1.06. The number of fused-ring (bicyclic) bond motifs is 1. The van der Waals surface area contributed by atoms with Crippen LogP contribution in [0.1, 0.15) is 18.9 Å². The minimum absolute atomic E-state index is 0.233. The number of aromatic amines is 1. The molecule has 1 aromatic heterocycles. The molecule has 9 nitrogen and oxygen atoms in total. The highest BCUT2D eigenvalue weighted by Gasteiger charge is 2.22. The van der Waals surface area contributed by atoms with Crippen LogP contribution in [0, 0.1) is 0 Å². The van der Waals surface area contributed by atoms with Crippen LogP contribution in [0.15, 0.2) is 30.5 Å². The molecule has 1 unspecified atom stereocenters. The van der Waals surface area contributed by atoms with Gasteiger partial charge in [0, 0.05) is 29.9 Å². The van der Waals surface area contributed by atoms with Crippen LogP contribution in [0.4, 0.5) is 0 Å². The van der Waals surface area contributed by atoms with E-state index in [4.69, 9.17) is 5.73 Å². The molecular weight excluding hydrogens is 350 g/mol. The number of nitrogens with two attached hydrogens (primary N) is 1. The van der Waals surface area contributed by atoms with E-state index >= 15 is 0 Å². The van der Waals surface area contributed by atoms with Crippen molar-refractivity contribution in [3.63, 3.8) is 0 Å². The van der Waals surface area contributed by atoms with Crippen LogP contribution in [0.25, 0.3) is 10.9 Å². The lowest BCUT2D eigenvalue weighted by Crippen LogP contribution is -2.50. The molecule has 0 aliphatic carbocycles. The summed E-state index contributed by atoms with van der Waals surface area (Å²) in [4.78, 5) is 49.7. The zero-order valence-electron chi connectivity index (χ0n) is 15.0. The van der Waals surface area contributed by atoms with Gasteiger partial charge in [0.25, 0.3) is 0 Å². The lowest BCUT2D eigenvalue weighted by molar-refractivity contribution is -0.130. The second-order valence-corrected chi connectivity index (χ2v) is 6.00. The molecule has 0 aliphatic rings. The highest BCUT2D eigenvalue weighted by molar-refractivity contribution is 5.92. The average molecular weight is 373 g/mol. The van der Waals surface area contributed by atoms with E-state index in [1.807, 2.05) is 24.3 Å². The predicted octanol–water partition coefficient (Wildman–Crippen LogP) is -0.677. The summed E-state index contributed by atoms with van der Waals surface area (Å²) >= 11 is 0. The normalized spacial score (nSPS) is 11.6. The number of carbonyl (C=O) groups is 4. The monoisotopic (exact) mass is 373 g/mol. The van der Waals surface area contributed by atoms with Crippen LogP contribution < -0.4 is 21.7 Å². The number of aromatic nitrogens is 1. The van der Waals surface area contributed by atoms with Gasteiger partial charge in [-0.1, -0.05) is 25.1 Å². The predicted molar refractivity (Wildman–Crippen MR) is 99.4 cm³/mol. The zero-order chi connectivity index (χ0) is 19.8. The Morgan fingerprint density at radius 2 is 1.81 bits per heavy atom. The Morgan fingerprint density at radius 1 is 1.07 bits per heavy atom. The number of hydrogen-bond donors (Lipinski definition) is 5. The Morgan fingerprint density at radius 3 is 2.52 bits per heavy atom. The van der Waals surface area contributed by atoms with Crippen LogP contribution >= 0.6 is 0 Å². The molecule has 0 spiro atoms. The topological polar surface area (TPSA) is 146 Å². The molecule has 27 heavy (non-hydrogen) atoms. The van der Waals surface area contributed by atoms with Gasteiger partial charge in [0.15, 0.2) is 0 Å². The van der Waals surface area contributed by atoms with Crippen molar-refractivity contribution in [1.29, 1.82) is 0 Å². The quantitative estimate of drug-likeness (QED) is 0.396. The number of nitrogens with one attached hydrogen (secondary N) is 4. The number of H-pyrrole nitrogens is 1. The van der Waals surface area contributed by atoms with Crippen LogP contribution in [0.2, 0.25) is 0 Å². The third-order valence-electron chi connectivity index (χ3n) is 3.95. The van der Waals surface area contributed by atoms with E-state index in [2.05, 4.69) is 20.9 Å². The number of primary amides is 1. The van der Waals surface area contributed by atoms with E-state index in [1.165, 1.54) is 0 Å². The van der Waals surface area contributed by atoms with Gasteiger partial charge in [-0.3, -0.25) is 19.2 Å². The van der Waals surface area contributed by atoms with Crippen molar-refractivity contribution in [2.75, 3.05) is 13.1 Å². The second kappa shape index (κ2) is 9.37. The van der Waals surface area contributed by atoms with Crippen molar-refractivity contribution < 1.29 is 19.2 Å². The lowest BCUT2D eigenvalue weighted by Gasteiger charge is -2.18. The second-order valence-electron chi connectivity index (χ2n) is 6.00. The van der Waals surface area contributed by atoms with Crippen molar-refractivity contribution >= 4 is 34.5 Å². The number of amides is 4. The first-order chi connectivity index (χ1) is 12.9. The Hall–Kier alpha value is -3.36. The van der Waals surface area contributed by atoms with Crippen LogP contribution in [0.5, 0.6) is 0 Å². The van der Waals surface area contributed by atoms with E-state index in [0.29, 0.717) is 0 Å². The van der Waals surface area contributed by atoms with Crippen LogP contribution in [-0.4, -0.2) is 47.7 Å². The molecule has 4 amide bonds.